The van der Waals surface area contributed by atoms with Crippen molar-refractivity contribution in [1.29, 1.82) is 0 Å². The minimum absolute atomic E-state index is 0.0258. The van der Waals surface area contributed by atoms with Crippen LogP contribution in [0.25, 0.3) is 10.2 Å². The zero-order valence-corrected chi connectivity index (χ0v) is 18.6. The Morgan fingerprint density at radius 2 is 1.90 bits per heavy atom. The fourth-order valence-electron chi connectivity index (χ4n) is 3.97. The van der Waals surface area contributed by atoms with E-state index in [9.17, 15) is 17.6 Å². The van der Waals surface area contributed by atoms with Gasteiger partial charge in [-0.1, -0.05) is 17.4 Å². The van der Waals surface area contributed by atoms with E-state index in [1.54, 1.807) is 0 Å². The highest BCUT2D eigenvalue weighted by Gasteiger charge is 2.39. The number of carbonyl (C=O) groups is 1. The predicted octanol–water partition coefficient (Wildman–Crippen LogP) is 3.28. The molecule has 1 aromatic heterocycles. The number of sulfonamides is 1. The van der Waals surface area contributed by atoms with Crippen LogP contribution in [0.1, 0.15) is 24.0 Å². The molecule has 0 N–H and O–H groups in total. The molecule has 1 saturated heterocycles. The standard InChI is InChI=1S/C21H22FN3O3S2/c1-13-11-14(2)19-18(12-13)29-21(24(19)3)23-20(26)17-5-4-10-25(17)30(27,28)16-8-6-15(22)7-9-16/h6-9,11-12,17H,4-5,10H2,1-3H3. The van der Waals surface area contributed by atoms with Gasteiger partial charge in [-0.2, -0.15) is 9.30 Å². The maximum absolute atomic E-state index is 13.2. The summed E-state index contributed by atoms with van der Waals surface area (Å²) in [6.07, 6.45) is 0.985. The quantitative estimate of drug-likeness (QED) is 0.619. The predicted molar refractivity (Wildman–Crippen MR) is 114 cm³/mol. The number of amides is 1. The van der Waals surface area contributed by atoms with Crippen LogP contribution >= 0.6 is 11.3 Å². The maximum Gasteiger partial charge on any atom is 0.266 e. The number of aromatic nitrogens is 1. The van der Waals surface area contributed by atoms with Crippen LogP contribution in [0, 0.1) is 19.7 Å². The lowest BCUT2D eigenvalue weighted by molar-refractivity contribution is -0.121. The average molecular weight is 448 g/mol. The first-order valence-corrected chi connectivity index (χ1v) is 11.9. The molecule has 1 atom stereocenters. The SMILES string of the molecule is Cc1cc(C)c2c(c1)sc(=NC(=O)C1CCCN1S(=O)(=O)c1ccc(F)cc1)n2C. The first kappa shape index (κ1) is 20.9. The molecule has 6 nitrogen and oxygen atoms in total. The molecule has 0 aliphatic carbocycles. The lowest BCUT2D eigenvalue weighted by Crippen LogP contribution is -2.40. The van der Waals surface area contributed by atoms with Crippen LogP contribution in [0.15, 0.2) is 46.3 Å². The van der Waals surface area contributed by atoms with Crippen molar-refractivity contribution in [2.75, 3.05) is 6.54 Å². The molecule has 3 aromatic rings. The number of halogens is 1. The summed E-state index contributed by atoms with van der Waals surface area (Å²) < 4.78 is 43.3. The van der Waals surface area contributed by atoms with E-state index in [4.69, 9.17) is 0 Å². The van der Waals surface area contributed by atoms with Crippen LogP contribution in [0.3, 0.4) is 0 Å². The van der Waals surface area contributed by atoms with Gasteiger partial charge in [0.25, 0.3) is 5.91 Å². The Labute approximate surface area is 178 Å². The zero-order valence-electron chi connectivity index (χ0n) is 16.9. The second kappa shape index (κ2) is 7.72. The van der Waals surface area contributed by atoms with Crippen molar-refractivity contribution in [1.82, 2.24) is 8.87 Å². The number of carbonyl (C=O) groups excluding carboxylic acids is 1. The van der Waals surface area contributed by atoms with Crippen LogP contribution in [0.5, 0.6) is 0 Å². The van der Waals surface area contributed by atoms with Crippen LogP contribution in [-0.4, -0.2) is 35.8 Å². The Balaban J connectivity index is 1.71. The molecule has 0 bridgehead atoms. The minimum atomic E-state index is -3.91. The number of hydrogen-bond donors (Lipinski definition) is 0. The summed E-state index contributed by atoms with van der Waals surface area (Å²) in [5.74, 6) is -0.990. The molecule has 0 saturated carbocycles. The van der Waals surface area contributed by atoms with Gasteiger partial charge in [0, 0.05) is 13.6 Å². The van der Waals surface area contributed by atoms with E-state index in [1.165, 1.54) is 27.8 Å². The molecule has 1 fully saturated rings. The molecule has 0 radical (unpaired) electrons. The zero-order chi connectivity index (χ0) is 21.6. The van der Waals surface area contributed by atoms with Gasteiger partial charge in [0.1, 0.15) is 11.9 Å². The molecule has 1 unspecified atom stereocenters. The average Bonchev–Trinajstić information content (AvgIpc) is 3.28. The van der Waals surface area contributed by atoms with E-state index in [-0.39, 0.29) is 11.4 Å². The highest BCUT2D eigenvalue weighted by Crippen LogP contribution is 2.27. The largest absolute Gasteiger partial charge is 0.319 e. The fourth-order valence-corrected chi connectivity index (χ4v) is 6.83. The molecule has 4 rings (SSSR count). The third-order valence-corrected chi connectivity index (χ3v) is 8.35. The number of benzene rings is 2. The van der Waals surface area contributed by atoms with Crippen LogP contribution in [0.4, 0.5) is 4.39 Å². The number of fused-ring (bicyclic) bond motifs is 1. The fraction of sp³-hybridized carbons (Fsp3) is 0.333. The Kier molecular flexibility index (Phi) is 5.37. The monoisotopic (exact) mass is 447 g/mol. The Morgan fingerprint density at radius 3 is 2.60 bits per heavy atom. The summed E-state index contributed by atoms with van der Waals surface area (Å²) in [4.78, 5) is 17.8. The second-order valence-corrected chi connectivity index (χ2v) is 10.4. The molecule has 2 aromatic carbocycles. The molecule has 0 spiro atoms. The van der Waals surface area contributed by atoms with E-state index < -0.39 is 27.8 Å². The molecule has 30 heavy (non-hydrogen) atoms. The van der Waals surface area contributed by atoms with Gasteiger partial charge < -0.3 is 4.57 Å². The lowest BCUT2D eigenvalue weighted by atomic mass is 10.1. The smallest absolute Gasteiger partial charge is 0.266 e. The molecule has 1 amide bonds. The summed E-state index contributed by atoms with van der Waals surface area (Å²) in [7, 11) is -2.05. The van der Waals surface area contributed by atoms with Gasteiger partial charge in [0.2, 0.25) is 10.0 Å². The van der Waals surface area contributed by atoms with E-state index in [1.807, 2.05) is 25.5 Å². The molecular weight excluding hydrogens is 425 g/mol. The Hall–Kier alpha value is -2.36. The van der Waals surface area contributed by atoms with Gasteiger partial charge in [-0.25, -0.2) is 12.8 Å². The van der Waals surface area contributed by atoms with Crippen molar-refractivity contribution >= 4 is 37.5 Å². The highest BCUT2D eigenvalue weighted by atomic mass is 32.2. The Morgan fingerprint density at radius 1 is 1.20 bits per heavy atom. The summed E-state index contributed by atoms with van der Waals surface area (Å²) >= 11 is 1.41. The molecule has 158 valence electrons. The van der Waals surface area contributed by atoms with Crippen molar-refractivity contribution in [3.63, 3.8) is 0 Å². The van der Waals surface area contributed by atoms with Crippen molar-refractivity contribution in [2.24, 2.45) is 12.0 Å². The minimum Gasteiger partial charge on any atom is -0.319 e. The van der Waals surface area contributed by atoms with E-state index >= 15 is 0 Å². The normalized spacial score (nSPS) is 18.4. The number of rotatable bonds is 3. The van der Waals surface area contributed by atoms with Gasteiger partial charge in [-0.3, -0.25) is 4.79 Å². The van der Waals surface area contributed by atoms with Gasteiger partial charge >= 0.3 is 0 Å². The van der Waals surface area contributed by atoms with Crippen LogP contribution in [-0.2, 0) is 21.9 Å². The topological polar surface area (TPSA) is 71.7 Å². The number of nitrogens with zero attached hydrogens (tertiary/aromatic N) is 3. The summed E-state index contributed by atoms with van der Waals surface area (Å²) in [5, 5.41) is 0. The van der Waals surface area contributed by atoms with Crippen LogP contribution in [0.2, 0.25) is 0 Å². The molecule has 1 aliphatic rings. The lowest BCUT2D eigenvalue weighted by Gasteiger charge is -2.21. The van der Waals surface area contributed by atoms with E-state index in [2.05, 4.69) is 17.1 Å². The van der Waals surface area contributed by atoms with Crippen molar-refractivity contribution in [3.8, 4) is 0 Å². The number of aryl methyl sites for hydroxylation is 3. The molecule has 1 aliphatic heterocycles. The van der Waals surface area contributed by atoms with Crippen molar-refractivity contribution < 1.29 is 17.6 Å². The third kappa shape index (κ3) is 3.61. The van der Waals surface area contributed by atoms with E-state index in [0.29, 0.717) is 17.6 Å². The Bertz CT molecular complexity index is 1310. The molecular formula is C21H22FN3O3S2. The summed E-state index contributed by atoms with van der Waals surface area (Å²) in [6.45, 7) is 4.27. The first-order valence-electron chi connectivity index (χ1n) is 9.61. The third-order valence-electron chi connectivity index (χ3n) is 5.35. The second-order valence-electron chi connectivity index (χ2n) is 7.55. The van der Waals surface area contributed by atoms with Gasteiger partial charge in [0.15, 0.2) is 4.80 Å². The van der Waals surface area contributed by atoms with Gasteiger partial charge in [-0.05, 0) is 68.1 Å². The maximum atomic E-state index is 13.2. The molecule has 2 heterocycles. The highest BCUT2D eigenvalue weighted by molar-refractivity contribution is 7.89. The van der Waals surface area contributed by atoms with Crippen molar-refractivity contribution in [2.45, 2.75) is 37.6 Å². The first-order chi connectivity index (χ1) is 14.2. The van der Waals surface area contributed by atoms with Crippen LogP contribution < -0.4 is 4.80 Å². The van der Waals surface area contributed by atoms with Gasteiger partial charge in [0.05, 0.1) is 15.1 Å². The van der Waals surface area contributed by atoms with Crippen molar-refractivity contribution in [3.05, 3.63) is 58.1 Å². The molecule has 9 heteroatoms. The summed E-state index contributed by atoms with van der Waals surface area (Å²) in [5.41, 5.74) is 3.24. The van der Waals surface area contributed by atoms with E-state index in [0.717, 1.165) is 33.5 Å². The summed E-state index contributed by atoms with van der Waals surface area (Å²) in [6, 6.07) is 7.93. The number of thiazole rings is 1. The number of hydrogen-bond acceptors (Lipinski definition) is 4. The van der Waals surface area contributed by atoms with Gasteiger partial charge in [-0.15, -0.1) is 0 Å².